The fourth-order valence-corrected chi connectivity index (χ4v) is 2.99. The summed E-state index contributed by atoms with van der Waals surface area (Å²) in [4.78, 5) is 17.3. The summed E-state index contributed by atoms with van der Waals surface area (Å²) in [7, 11) is 0. The van der Waals surface area contributed by atoms with Gasteiger partial charge in [-0.05, 0) is 59.4 Å². The van der Waals surface area contributed by atoms with Crippen LogP contribution in [-0.2, 0) is 6.54 Å². The molecule has 0 radical (unpaired) electrons. The molecule has 0 saturated carbocycles. The Balaban J connectivity index is 2.11. The summed E-state index contributed by atoms with van der Waals surface area (Å²) in [6, 6.07) is 13.7. The molecule has 0 unspecified atom stereocenters. The summed E-state index contributed by atoms with van der Waals surface area (Å²) in [6.45, 7) is 2.15. The molecule has 0 bridgehead atoms. The SMILES string of the molecule is Cc1ccc(C=Cc2nc3ccc(I)cc3c(=O)n2CCO)cc1. The molecule has 0 fully saturated rings. The topological polar surface area (TPSA) is 55.1 Å². The lowest BCUT2D eigenvalue weighted by atomic mass is 10.1. The van der Waals surface area contributed by atoms with Crippen LogP contribution in [0.3, 0.4) is 0 Å². The van der Waals surface area contributed by atoms with Crippen LogP contribution in [0.5, 0.6) is 0 Å². The van der Waals surface area contributed by atoms with E-state index in [0.29, 0.717) is 16.7 Å². The molecule has 0 amide bonds. The van der Waals surface area contributed by atoms with Crippen molar-refractivity contribution in [2.24, 2.45) is 0 Å². The van der Waals surface area contributed by atoms with Gasteiger partial charge < -0.3 is 5.11 Å². The maximum Gasteiger partial charge on any atom is 0.261 e. The van der Waals surface area contributed by atoms with Crippen molar-refractivity contribution in [3.8, 4) is 0 Å². The van der Waals surface area contributed by atoms with Gasteiger partial charge in [-0.2, -0.15) is 0 Å². The number of hydrogen-bond acceptors (Lipinski definition) is 3. The van der Waals surface area contributed by atoms with Crippen molar-refractivity contribution in [3.63, 3.8) is 0 Å². The van der Waals surface area contributed by atoms with Crippen LogP contribution in [0, 0.1) is 10.5 Å². The van der Waals surface area contributed by atoms with Gasteiger partial charge in [0.25, 0.3) is 5.56 Å². The van der Waals surface area contributed by atoms with Gasteiger partial charge in [-0.1, -0.05) is 35.9 Å². The zero-order chi connectivity index (χ0) is 17.1. The second-order valence-electron chi connectivity index (χ2n) is 5.56. The van der Waals surface area contributed by atoms with Gasteiger partial charge in [0.2, 0.25) is 0 Å². The number of hydrogen-bond donors (Lipinski definition) is 1. The Labute approximate surface area is 153 Å². The number of aromatic nitrogens is 2. The summed E-state index contributed by atoms with van der Waals surface area (Å²) < 4.78 is 2.50. The van der Waals surface area contributed by atoms with E-state index in [4.69, 9.17) is 0 Å². The van der Waals surface area contributed by atoms with E-state index < -0.39 is 0 Å². The first-order valence-corrected chi connectivity index (χ1v) is 8.72. The summed E-state index contributed by atoms with van der Waals surface area (Å²) in [5.74, 6) is 0.545. The molecule has 5 heteroatoms. The molecule has 24 heavy (non-hydrogen) atoms. The Morgan fingerprint density at radius 1 is 1.17 bits per heavy atom. The van der Waals surface area contributed by atoms with Crippen LogP contribution in [0.25, 0.3) is 23.1 Å². The number of aliphatic hydroxyl groups excluding tert-OH is 1. The second kappa shape index (κ2) is 7.27. The first kappa shape index (κ1) is 16.9. The third kappa shape index (κ3) is 3.57. The Morgan fingerprint density at radius 3 is 2.62 bits per heavy atom. The third-order valence-electron chi connectivity index (χ3n) is 3.77. The number of nitrogens with zero attached hydrogens (tertiary/aromatic N) is 2. The van der Waals surface area contributed by atoms with Crippen LogP contribution in [0.2, 0.25) is 0 Å². The van der Waals surface area contributed by atoms with Gasteiger partial charge in [-0.25, -0.2) is 4.98 Å². The Hall–Kier alpha value is -1.99. The van der Waals surface area contributed by atoms with E-state index >= 15 is 0 Å². The van der Waals surface area contributed by atoms with Crippen LogP contribution >= 0.6 is 22.6 Å². The number of halogens is 1. The Bertz CT molecular complexity index is 960. The lowest BCUT2D eigenvalue weighted by molar-refractivity contribution is 0.273. The Morgan fingerprint density at radius 2 is 1.92 bits per heavy atom. The van der Waals surface area contributed by atoms with Crippen LogP contribution in [0.4, 0.5) is 0 Å². The van der Waals surface area contributed by atoms with Gasteiger partial charge in [0.15, 0.2) is 0 Å². The van der Waals surface area contributed by atoms with E-state index in [1.165, 1.54) is 10.1 Å². The average molecular weight is 432 g/mol. The molecular formula is C19H17IN2O2. The maximum absolute atomic E-state index is 12.7. The highest BCUT2D eigenvalue weighted by molar-refractivity contribution is 14.1. The minimum atomic E-state index is -0.129. The Kier molecular flexibility index (Phi) is 5.11. The predicted molar refractivity (Wildman–Crippen MR) is 106 cm³/mol. The largest absolute Gasteiger partial charge is 0.395 e. The normalized spacial score (nSPS) is 11.5. The van der Waals surface area contributed by atoms with Gasteiger partial charge in [-0.15, -0.1) is 0 Å². The smallest absolute Gasteiger partial charge is 0.261 e. The second-order valence-corrected chi connectivity index (χ2v) is 6.80. The molecule has 0 atom stereocenters. The summed E-state index contributed by atoms with van der Waals surface area (Å²) >= 11 is 2.17. The van der Waals surface area contributed by atoms with Crippen molar-refractivity contribution in [2.75, 3.05) is 6.61 Å². The molecule has 122 valence electrons. The van der Waals surface area contributed by atoms with E-state index in [1.807, 2.05) is 61.5 Å². The third-order valence-corrected chi connectivity index (χ3v) is 4.44. The molecule has 4 nitrogen and oxygen atoms in total. The number of aryl methyl sites for hydroxylation is 1. The molecule has 0 aliphatic rings. The van der Waals surface area contributed by atoms with Crippen LogP contribution < -0.4 is 5.56 Å². The standard InChI is InChI=1S/C19H17IN2O2/c1-13-2-4-14(5-3-13)6-9-18-21-17-8-7-15(20)12-16(17)19(24)22(18)10-11-23/h2-9,12,23H,10-11H2,1H3. The molecule has 0 saturated heterocycles. The molecule has 0 aliphatic carbocycles. The number of fused-ring (bicyclic) bond motifs is 1. The van der Waals surface area contributed by atoms with Crippen molar-refractivity contribution in [3.05, 3.63) is 73.3 Å². The highest BCUT2D eigenvalue weighted by Gasteiger charge is 2.09. The maximum atomic E-state index is 12.7. The molecule has 3 aromatic rings. The number of benzene rings is 2. The van der Waals surface area contributed by atoms with Gasteiger partial charge >= 0.3 is 0 Å². The molecule has 2 aromatic carbocycles. The van der Waals surface area contributed by atoms with E-state index in [9.17, 15) is 9.90 Å². The highest BCUT2D eigenvalue weighted by Crippen LogP contribution is 2.15. The first-order chi connectivity index (χ1) is 11.6. The van der Waals surface area contributed by atoms with Crippen molar-refractivity contribution in [1.82, 2.24) is 9.55 Å². The van der Waals surface area contributed by atoms with Gasteiger partial charge in [0.1, 0.15) is 5.82 Å². The van der Waals surface area contributed by atoms with E-state index in [-0.39, 0.29) is 18.7 Å². The molecule has 1 aromatic heterocycles. The number of rotatable bonds is 4. The van der Waals surface area contributed by atoms with Gasteiger partial charge in [0.05, 0.1) is 24.1 Å². The molecule has 3 rings (SSSR count). The van der Waals surface area contributed by atoms with Crippen molar-refractivity contribution in [2.45, 2.75) is 13.5 Å². The first-order valence-electron chi connectivity index (χ1n) is 7.64. The van der Waals surface area contributed by atoms with Crippen LogP contribution in [0.1, 0.15) is 17.0 Å². The van der Waals surface area contributed by atoms with Crippen molar-refractivity contribution < 1.29 is 5.11 Å². The summed E-state index contributed by atoms with van der Waals surface area (Å²) in [6.07, 6.45) is 3.74. The minimum Gasteiger partial charge on any atom is -0.395 e. The lowest BCUT2D eigenvalue weighted by Crippen LogP contribution is -2.25. The van der Waals surface area contributed by atoms with Crippen LogP contribution in [0.15, 0.2) is 47.3 Å². The molecule has 1 heterocycles. The van der Waals surface area contributed by atoms with E-state index in [1.54, 1.807) is 0 Å². The van der Waals surface area contributed by atoms with E-state index in [2.05, 4.69) is 27.6 Å². The minimum absolute atomic E-state index is 0.109. The summed E-state index contributed by atoms with van der Waals surface area (Å²) in [5.41, 5.74) is 2.77. The monoisotopic (exact) mass is 432 g/mol. The predicted octanol–water partition coefficient (Wildman–Crippen LogP) is 3.47. The highest BCUT2D eigenvalue weighted by atomic mass is 127. The molecule has 0 aliphatic heterocycles. The zero-order valence-electron chi connectivity index (χ0n) is 13.2. The molecular weight excluding hydrogens is 415 g/mol. The lowest BCUT2D eigenvalue weighted by Gasteiger charge is -2.10. The average Bonchev–Trinajstić information content (AvgIpc) is 2.58. The van der Waals surface area contributed by atoms with Crippen LogP contribution in [-0.4, -0.2) is 21.3 Å². The van der Waals surface area contributed by atoms with Gasteiger partial charge in [-0.3, -0.25) is 9.36 Å². The molecule has 0 spiro atoms. The fourth-order valence-electron chi connectivity index (χ4n) is 2.50. The quantitative estimate of drug-likeness (QED) is 0.643. The number of aliphatic hydroxyl groups is 1. The molecule has 1 N–H and O–H groups in total. The fraction of sp³-hybridized carbons (Fsp3) is 0.158. The zero-order valence-corrected chi connectivity index (χ0v) is 15.4. The summed E-state index contributed by atoms with van der Waals surface area (Å²) in [5, 5.41) is 9.87. The van der Waals surface area contributed by atoms with Crippen molar-refractivity contribution >= 4 is 45.6 Å². The van der Waals surface area contributed by atoms with E-state index in [0.717, 1.165) is 9.13 Å². The van der Waals surface area contributed by atoms with Crippen molar-refractivity contribution in [1.29, 1.82) is 0 Å². The van der Waals surface area contributed by atoms with Gasteiger partial charge in [0, 0.05) is 3.57 Å².